The number of aliphatic imine (C=N–C) groups is 1. The van der Waals surface area contributed by atoms with Gasteiger partial charge in [-0.3, -0.25) is 0 Å². The van der Waals surface area contributed by atoms with E-state index in [-0.39, 0.29) is 5.71 Å². The van der Waals surface area contributed by atoms with Gasteiger partial charge in [0.15, 0.2) is 5.71 Å². The van der Waals surface area contributed by atoms with Crippen LogP contribution in [-0.2, 0) is 18.8 Å². The quantitative estimate of drug-likeness (QED) is 0.509. The van der Waals surface area contributed by atoms with E-state index in [1.165, 1.54) is 7.11 Å². The van der Waals surface area contributed by atoms with E-state index < -0.39 is 31.0 Å². The molecule has 24 heavy (non-hydrogen) atoms. The fourth-order valence-electron chi connectivity index (χ4n) is 2.45. The lowest BCUT2D eigenvalue weighted by Crippen LogP contribution is -2.41. The van der Waals surface area contributed by atoms with Crippen LogP contribution >= 0.6 is 0 Å². The molecule has 6 nitrogen and oxygen atoms in total. The maximum absolute atomic E-state index is 12.0. The summed E-state index contributed by atoms with van der Waals surface area (Å²) in [4.78, 5) is 15.8. The maximum atomic E-state index is 12.0. The van der Waals surface area contributed by atoms with Gasteiger partial charge in [0.2, 0.25) is 0 Å². The fourth-order valence-corrected chi connectivity index (χ4v) is 2.45. The Balaban J connectivity index is 2.43. The van der Waals surface area contributed by atoms with Crippen molar-refractivity contribution in [2.24, 2.45) is 4.99 Å². The molecule has 1 aliphatic rings. The number of hydrogen-bond donors (Lipinski definition) is 1. The van der Waals surface area contributed by atoms with Crippen LogP contribution in [0.1, 0.15) is 38.8 Å². The minimum Gasteiger partial charge on any atom is -0.464 e. The highest BCUT2D eigenvalue weighted by Crippen LogP contribution is 2.36. The van der Waals surface area contributed by atoms with E-state index in [9.17, 15) is 4.79 Å². The van der Waals surface area contributed by atoms with Crippen LogP contribution in [0.2, 0.25) is 0 Å². The van der Waals surface area contributed by atoms with Crippen molar-refractivity contribution in [3.8, 4) is 0 Å². The number of aliphatic hydroxyl groups excluding tert-OH is 1. The molecule has 0 aromatic heterocycles. The van der Waals surface area contributed by atoms with Crippen molar-refractivity contribution in [3.63, 3.8) is 0 Å². The third-order valence-electron chi connectivity index (χ3n) is 4.65. The predicted octanol–water partition coefficient (Wildman–Crippen LogP) is 1.21. The number of ether oxygens (including phenoxy) is 1. The number of methoxy groups -OCH3 is 1. The van der Waals surface area contributed by atoms with Crippen LogP contribution in [0, 0.1) is 6.92 Å². The number of hydrogen-bond acceptors (Lipinski definition) is 6. The van der Waals surface area contributed by atoms with Gasteiger partial charge in [0.25, 0.3) is 0 Å². The smallest absolute Gasteiger partial charge is 0.464 e. The summed E-state index contributed by atoms with van der Waals surface area (Å²) in [5.41, 5.74) is 1.39. The molecule has 1 N–H and O–H groups in total. The molecule has 1 saturated heterocycles. The van der Waals surface area contributed by atoms with Gasteiger partial charge in [0, 0.05) is 5.56 Å². The van der Waals surface area contributed by atoms with Gasteiger partial charge >= 0.3 is 13.1 Å². The van der Waals surface area contributed by atoms with Crippen molar-refractivity contribution in [3.05, 3.63) is 29.3 Å². The molecule has 0 radical (unpaired) electrons. The number of nitrogens with zero attached hydrogens (tertiary/aromatic N) is 1. The summed E-state index contributed by atoms with van der Waals surface area (Å²) in [6.07, 6.45) is 0. The van der Waals surface area contributed by atoms with E-state index in [4.69, 9.17) is 19.2 Å². The van der Waals surface area contributed by atoms with Crippen molar-refractivity contribution in [1.82, 2.24) is 0 Å². The van der Waals surface area contributed by atoms with Crippen LogP contribution in [-0.4, -0.2) is 48.9 Å². The molecule has 1 aromatic rings. The Morgan fingerprint density at radius 1 is 1.25 bits per heavy atom. The van der Waals surface area contributed by atoms with Crippen LogP contribution in [0.5, 0.6) is 0 Å². The highest BCUT2D eigenvalue weighted by atomic mass is 16.7. The number of benzene rings is 1. The van der Waals surface area contributed by atoms with E-state index in [1.54, 1.807) is 6.07 Å². The van der Waals surface area contributed by atoms with E-state index in [0.717, 1.165) is 11.0 Å². The Labute approximate surface area is 143 Å². The molecule has 0 aliphatic carbocycles. The van der Waals surface area contributed by atoms with Crippen LogP contribution in [0.15, 0.2) is 23.2 Å². The van der Waals surface area contributed by atoms with Gasteiger partial charge in [-0.2, -0.15) is 0 Å². The largest absolute Gasteiger partial charge is 0.494 e. The first-order valence-corrected chi connectivity index (χ1v) is 7.83. The van der Waals surface area contributed by atoms with Crippen LogP contribution in [0.3, 0.4) is 0 Å². The molecule has 1 fully saturated rings. The number of aliphatic hydroxyl groups is 1. The number of rotatable bonds is 4. The molecule has 0 unspecified atom stereocenters. The van der Waals surface area contributed by atoms with E-state index in [1.807, 2.05) is 46.8 Å². The van der Waals surface area contributed by atoms with Crippen molar-refractivity contribution < 1.29 is 23.9 Å². The lowest BCUT2D eigenvalue weighted by Gasteiger charge is -2.32. The Bertz CT molecular complexity index is 653. The monoisotopic (exact) mass is 333 g/mol. The second-order valence-corrected chi connectivity index (χ2v) is 6.80. The molecular formula is C17H24BNO5. The summed E-state index contributed by atoms with van der Waals surface area (Å²) in [5, 5.41) is 9.11. The summed E-state index contributed by atoms with van der Waals surface area (Å²) < 4.78 is 16.9. The third-order valence-corrected chi connectivity index (χ3v) is 4.65. The van der Waals surface area contributed by atoms with Gasteiger partial charge in [-0.1, -0.05) is 18.2 Å². The number of carbonyl (C=O) groups excluding carboxylic acids is 1. The summed E-state index contributed by atoms with van der Waals surface area (Å²) in [6.45, 7) is 9.29. The Morgan fingerprint density at radius 3 is 2.33 bits per heavy atom. The van der Waals surface area contributed by atoms with Crippen molar-refractivity contribution >= 4 is 24.3 Å². The Hall–Kier alpha value is -1.70. The second-order valence-electron chi connectivity index (χ2n) is 6.80. The van der Waals surface area contributed by atoms with Crippen LogP contribution in [0.4, 0.5) is 0 Å². The minimum absolute atomic E-state index is 0.0795. The first-order chi connectivity index (χ1) is 11.1. The number of aryl methyl sites for hydroxylation is 1. The zero-order chi connectivity index (χ0) is 18.1. The average molecular weight is 333 g/mol. The molecule has 0 amide bonds. The van der Waals surface area contributed by atoms with Crippen LogP contribution < -0.4 is 5.46 Å². The Morgan fingerprint density at radius 2 is 1.83 bits per heavy atom. The second kappa shape index (κ2) is 6.66. The van der Waals surface area contributed by atoms with Gasteiger partial charge in [-0.15, -0.1) is 0 Å². The summed E-state index contributed by atoms with van der Waals surface area (Å²) in [6, 6.07) is 5.56. The molecule has 0 bridgehead atoms. The molecule has 1 heterocycles. The molecule has 2 rings (SSSR count). The van der Waals surface area contributed by atoms with Gasteiger partial charge in [0.1, 0.15) is 6.73 Å². The molecule has 7 heteroatoms. The predicted molar refractivity (Wildman–Crippen MR) is 92.5 cm³/mol. The standard InChI is InChI=1S/C17H24BNO5/c1-11-7-8-12(18-23-16(2,3)17(4,5)24-18)9-13(11)14(19-10-20)15(21)22-6/h7-9,20H,10H2,1-6H3/b19-14+. The molecule has 0 spiro atoms. The highest BCUT2D eigenvalue weighted by Gasteiger charge is 2.51. The fraction of sp³-hybridized carbons (Fsp3) is 0.529. The normalized spacial score (nSPS) is 19.5. The lowest BCUT2D eigenvalue weighted by atomic mass is 9.77. The topological polar surface area (TPSA) is 77.4 Å². The van der Waals surface area contributed by atoms with Crippen molar-refractivity contribution in [1.29, 1.82) is 0 Å². The summed E-state index contributed by atoms with van der Waals surface area (Å²) in [5.74, 6) is -0.599. The molecular weight excluding hydrogens is 309 g/mol. The Kier molecular flexibility index (Phi) is 5.18. The number of carbonyl (C=O) groups is 1. The number of esters is 1. The maximum Gasteiger partial charge on any atom is 0.494 e. The molecule has 130 valence electrons. The third kappa shape index (κ3) is 3.38. The summed E-state index contributed by atoms with van der Waals surface area (Å²) in [7, 11) is 0.741. The molecule has 0 atom stereocenters. The van der Waals surface area contributed by atoms with Gasteiger partial charge < -0.3 is 19.2 Å². The van der Waals surface area contributed by atoms with Gasteiger partial charge in [0.05, 0.1) is 18.3 Å². The first-order valence-electron chi connectivity index (χ1n) is 7.83. The van der Waals surface area contributed by atoms with E-state index >= 15 is 0 Å². The van der Waals surface area contributed by atoms with E-state index in [0.29, 0.717) is 5.56 Å². The zero-order valence-electron chi connectivity index (χ0n) is 15.0. The first kappa shape index (κ1) is 18.6. The minimum atomic E-state index is -0.599. The molecule has 0 saturated carbocycles. The van der Waals surface area contributed by atoms with Crippen molar-refractivity contribution in [2.75, 3.05) is 13.8 Å². The lowest BCUT2D eigenvalue weighted by molar-refractivity contribution is -0.132. The van der Waals surface area contributed by atoms with Crippen molar-refractivity contribution in [2.45, 2.75) is 45.8 Å². The summed E-state index contributed by atoms with van der Waals surface area (Å²) >= 11 is 0. The average Bonchev–Trinajstić information content (AvgIpc) is 2.73. The van der Waals surface area contributed by atoms with E-state index in [2.05, 4.69) is 4.99 Å². The molecule has 1 aromatic carbocycles. The molecule has 1 aliphatic heterocycles. The van der Waals surface area contributed by atoms with Gasteiger partial charge in [-0.05, 0) is 45.6 Å². The SMILES string of the molecule is COC(=O)/C(=N/CO)c1cc(B2OC(C)(C)C(C)(C)O2)ccc1C. The van der Waals surface area contributed by atoms with Crippen LogP contribution in [0.25, 0.3) is 0 Å². The van der Waals surface area contributed by atoms with Gasteiger partial charge in [-0.25, -0.2) is 9.79 Å². The highest BCUT2D eigenvalue weighted by molar-refractivity contribution is 6.62. The zero-order valence-corrected chi connectivity index (χ0v) is 15.0.